The van der Waals surface area contributed by atoms with Gasteiger partial charge in [0.05, 0.1) is 12.8 Å². The number of alkyl halides is 1. The third kappa shape index (κ3) is 4.34. The van der Waals surface area contributed by atoms with E-state index in [4.69, 9.17) is 16.3 Å². The maximum atomic E-state index is 13.4. The van der Waals surface area contributed by atoms with E-state index in [1.165, 1.54) is 16.2 Å². The number of carboxylic acid groups (broad SMARTS) is 1. The van der Waals surface area contributed by atoms with Crippen molar-refractivity contribution in [3.05, 3.63) is 40.9 Å². The number of piperidine rings is 1. The van der Waals surface area contributed by atoms with Gasteiger partial charge in [0.25, 0.3) is 10.0 Å². The van der Waals surface area contributed by atoms with Crippen molar-refractivity contribution in [3.63, 3.8) is 0 Å². The molecule has 3 aromatic rings. The van der Waals surface area contributed by atoms with Crippen LogP contribution in [0.25, 0.3) is 21.3 Å². The number of rotatable bonds is 5. The van der Waals surface area contributed by atoms with Crippen LogP contribution in [0, 0.1) is 13.8 Å². The van der Waals surface area contributed by atoms with Crippen molar-refractivity contribution in [1.29, 1.82) is 0 Å². The summed E-state index contributed by atoms with van der Waals surface area (Å²) in [5.74, 6) is 0.693. The number of nitrogens with zero attached hydrogens (tertiary/aromatic N) is 2. The summed E-state index contributed by atoms with van der Waals surface area (Å²) in [6.07, 6.45) is -1.09. The van der Waals surface area contributed by atoms with Gasteiger partial charge in [-0.2, -0.15) is 0 Å². The molecule has 0 saturated carbocycles. The molecular formula is C22H24ClN3O5S2. The van der Waals surface area contributed by atoms with Gasteiger partial charge < -0.3 is 14.7 Å². The molecule has 33 heavy (non-hydrogen) atoms. The summed E-state index contributed by atoms with van der Waals surface area (Å²) < 4.78 is 33.3. The van der Waals surface area contributed by atoms with E-state index in [2.05, 4.69) is 9.71 Å². The van der Waals surface area contributed by atoms with Gasteiger partial charge in [0.2, 0.25) is 0 Å². The Bertz CT molecular complexity index is 1330. The molecule has 1 aromatic carbocycles. The fourth-order valence-corrected chi connectivity index (χ4v) is 6.83. The zero-order chi connectivity index (χ0) is 24.0. The Morgan fingerprint density at radius 2 is 1.97 bits per heavy atom. The Hall–Kier alpha value is -2.56. The van der Waals surface area contributed by atoms with Gasteiger partial charge in [-0.05, 0) is 37.6 Å². The predicted molar refractivity (Wildman–Crippen MR) is 131 cm³/mol. The maximum absolute atomic E-state index is 13.4. The highest BCUT2D eigenvalue weighted by atomic mass is 35.5. The van der Waals surface area contributed by atoms with Crippen molar-refractivity contribution < 1.29 is 23.1 Å². The molecule has 1 saturated heterocycles. The van der Waals surface area contributed by atoms with E-state index in [1.54, 1.807) is 20.1 Å². The summed E-state index contributed by atoms with van der Waals surface area (Å²) in [7, 11) is -2.45. The van der Waals surface area contributed by atoms with E-state index in [1.807, 2.05) is 31.2 Å². The number of sulfonamides is 1. The first kappa shape index (κ1) is 23.6. The molecule has 8 nitrogen and oxygen atoms in total. The van der Waals surface area contributed by atoms with Gasteiger partial charge in [-0.25, -0.2) is 18.2 Å². The van der Waals surface area contributed by atoms with Crippen molar-refractivity contribution in [1.82, 2.24) is 9.88 Å². The van der Waals surface area contributed by atoms with Crippen molar-refractivity contribution in [2.24, 2.45) is 0 Å². The Labute approximate surface area is 201 Å². The Morgan fingerprint density at radius 1 is 1.27 bits per heavy atom. The second-order valence-electron chi connectivity index (χ2n) is 8.01. The lowest BCUT2D eigenvalue weighted by molar-refractivity contribution is 0.134. The molecule has 1 amide bonds. The molecule has 1 fully saturated rings. The number of ether oxygens (including phenoxy) is 1. The fraction of sp³-hybridized carbons (Fsp3) is 0.364. The van der Waals surface area contributed by atoms with Crippen LogP contribution in [0.3, 0.4) is 0 Å². The number of halogens is 1. The van der Waals surface area contributed by atoms with Gasteiger partial charge in [-0.3, -0.25) is 4.72 Å². The number of aromatic nitrogens is 1. The maximum Gasteiger partial charge on any atom is 0.407 e. The zero-order valence-electron chi connectivity index (χ0n) is 18.4. The number of hydrogen-bond acceptors (Lipinski definition) is 6. The summed E-state index contributed by atoms with van der Waals surface area (Å²) in [6, 6.07) is 9.27. The normalized spacial score (nSPS) is 16.1. The Balaban J connectivity index is 1.79. The molecule has 2 N–H and O–H groups in total. The van der Waals surface area contributed by atoms with E-state index in [0.717, 1.165) is 16.0 Å². The number of aryl methyl sites for hydroxylation is 2. The lowest BCUT2D eigenvalue weighted by Crippen LogP contribution is -2.49. The van der Waals surface area contributed by atoms with Crippen molar-refractivity contribution >= 4 is 55.0 Å². The minimum atomic E-state index is -4.05. The number of benzene rings is 1. The number of methoxy groups -OCH3 is 1. The molecule has 0 unspecified atom stereocenters. The van der Waals surface area contributed by atoms with Crippen LogP contribution in [-0.2, 0) is 10.0 Å². The van der Waals surface area contributed by atoms with Crippen LogP contribution in [0.1, 0.15) is 23.4 Å². The Kier molecular flexibility index (Phi) is 6.19. The monoisotopic (exact) mass is 509 g/mol. The number of amides is 1. The first-order valence-corrected chi connectivity index (χ1v) is 13.0. The summed E-state index contributed by atoms with van der Waals surface area (Å²) in [4.78, 5) is 18.7. The number of likely N-dealkylation sites (tertiary alicyclic amines) is 1. The van der Waals surface area contributed by atoms with Crippen LogP contribution >= 0.6 is 22.9 Å². The van der Waals surface area contributed by atoms with Crippen LogP contribution in [0.5, 0.6) is 5.75 Å². The summed E-state index contributed by atoms with van der Waals surface area (Å²) >= 11 is 8.07. The first-order chi connectivity index (χ1) is 15.5. The van der Waals surface area contributed by atoms with Crippen LogP contribution in [0.15, 0.2) is 30.3 Å². The number of carbonyl (C=O) groups is 1. The standard InChI is InChI=1S/C22H24ClN3O5S2/c1-13-11-17(25-33(29,30)22(23)7-9-26(10-8-22)21(27)28)19-18(14(2)32-20(19)24-13)15-5-4-6-16(12-15)31-3/h4-6,11-12H,7-10H2,1-3H3,(H,24,25)(H,27,28). The van der Waals surface area contributed by atoms with Gasteiger partial charge >= 0.3 is 6.09 Å². The fourth-order valence-electron chi connectivity index (χ4n) is 4.08. The van der Waals surface area contributed by atoms with E-state index >= 15 is 0 Å². The number of nitrogens with one attached hydrogen (secondary N) is 1. The lowest BCUT2D eigenvalue weighted by atomic mass is 10.0. The molecule has 0 atom stereocenters. The predicted octanol–water partition coefficient (Wildman–Crippen LogP) is 5.04. The van der Waals surface area contributed by atoms with Gasteiger partial charge in [0.1, 0.15) is 10.6 Å². The number of thiophene rings is 1. The van der Waals surface area contributed by atoms with Gasteiger partial charge in [-0.1, -0.05) is 23.7 Å². The second kappa shape index (κ2) is 8.66. The van der Waals surface area contributed by atoms with Crippen LogP contribution < -0.4 is 9.46 Å². The molecule has 0 radical (unpaired) electrons. The van der Waals surface area contributed by atoms with E-state index < -0.39 is 20.3 Å². The summed E-state index contributed by atoms with van der Waals surface area (Å²) in [5, 5.41) is 9.87. The van der Waals surface area contributed by atoms with Gasteiger partial charge in [-0.15, -0.1) is 11.3 Å². The quantitative estimate of drug-likeness (QED) is 0.466. The summed E-state index contributed by atoms with van der Waals surface area (Å²) in [5.41, 5.74) is 2.84. The van der Waals surface area contributed by atoms with Crippen LogP contribution in [0.2, 0.25) is 0 Å². The highest BCUT2D eigenvalue weighted by Gasteiger charge is 2.45. The number of hydrogen-bond donors (Lipinski definition) is 2. The van der Waals surface area contributed by atoms with E-state index in [-0.39, 0.29) is 25.9 Å². The molecule has 176 valence electrons. The van der Waals surface area contributed by atoms with Gasteiger partial charge in [0.15, 0.2) is 4.21 Å². The minimum absolute atomic E-state index is 0.00516. The third-order valence-electron chi connectivity index (χ3n) is 5.83. The van der Waals surface area contributed by atoms with Crippen molar-refractivity contribution in [2.45, 2.75) is 30.9 Å². The van der Waals surface area contributed by atoms with Crippen LogP contribution in [0.4, 0.5) is 10.5 Å². The lowest BCUT2D eigenvalue weighted by Gasteiger charge is -2.35. The van der Waals surface area contributed by atoms with Crippen molar-refractivity contribution in [3.8, 4) is 16.9 Å². The molecule has 0 aliphatic carbocycles. The summed E-state index contributed by atoms with van der Waals surface area (Å²) in [6.45, 7) is 3.88. The average Bonchev–Trinajstić information content (AvgIpc) is 3.09. The van der Waals surface area contributed by atoms with Crippen molar-refractivity contribution in [2.75, 3.05) is 24.9 Å². The minimum Gasteiger partial charge on any atom is -0.497 e. The number of anilines is 1. The van der Waals surface area contributed by atoms with E-state index in [0.29, 0.717) is 27.3 Å². The smallest absolute Gasteiger partial charge is 0.407 e. The van der Waals surface area contributed by atoms with Crippen LogP contribution in [-0.4, -0.2) is 53.9 Å². The molecule has 1 aliphatic rings. The highest BCUT2D eigenvalue weighted by molar-refractivity contribution is 7.95. The average molecular weight is 510 g/mol. The molecule has 11 heteroatoms. The molecule has 0 spiro atoms. The molecular weight excluding hydrogens is 486 g/mol. The number of pyridine rings is 1. The molecule has 3 heterocycles. The topological polar surface area (TPSA) is 109 Å². The first-order valence-electron chi connectivity index (χ1n) is 10.3. The van der Waals surface area contributed by atoms with Gasteiger partial charge in [0, 0.05) is 47.5 Å². The molecule has 2 aromatic heterocycles. The number of fused-ring (bicyclic) bond motifs is 1. The largest absolute Gasteiger partial charge is 0.497 e. The third-order valence-corrected chi connectivity index (χ3v) is 9.68. The second-order valence-corrected chi connectivity index (χ2v) is 12.2. The van der Waals surface area contributed by atoms with E-state index in [9.17, 15) is 18.3 Å². The molecule has 0 bridgehead atoms. The Morgan fingerprint density at radius 3 is 2.61 bits per heavy atom. The zero-order valence-corrected chi connectivity index (χ0v) is 20.8. The molecule has 4 rings (SSSR count). The molecule has 1 aliphatic heterocycles. The highest BCUT2D eigenvalue weighted by Crippen LogP contribution is 2.44. The SMILES string of the molecule is COc1cccc(-c2c(C)sc3nc(C)cc(NS(=O)(=O)C4(Cl)CCN(C(=O)O)CC4)c23)c1.